The molecule has 0 aliphatic rings. The van der Waals surface area contributed by atoms with Crippen molar-refractivity contribution in [2.24, 2.45) is 0 Å². The Kier molecular flexibility index (Phi) is 13.0. The summed E-state index contributed by atoms with van der Waals surface area (Å²) in [6, 6.07) is 5.76. The van der Waals surface area contributed by atoms with Crippen molar-refractivity contribution in [3.05, 3.63) is 47.7 Å². The number of anilines is 4. The Morgan fingerprint density at radius 1 is 1.21 bits per heavy atom. The number of carbonyl (C=O) groups excluding carboxylic acids is 2. The Morgan fingerprint density at radius 3 is 2.69 bits per heavy atom. The Balaban J connectivity index is 1.86. The van der Waals surface area contributed by atoms with Crippen molar-refractivity contribution < 1.29 is 15.0 Å². The lowest BCUT2D eigenvalue weighted by Crippen LogP contribution is -2.38. The zero-order valence-corrected chi connectivity index (χ0v) is 23.5. The summed E-state index contributed by atoms with van der Waals surface area (Å²) >= 11 is 0. The first-order chi connectivity index (χ1) is 18.8. The van der Waals surface area contributed by atoms with Gasteiger partial charge in [-0.15, -0.1) is 0 Å². The number of benzene rings is 1. The van der Waals surface area contributed by atoms with Gasteiger partial charge in [0.1, 0.15) is 5.82 Å². The van der Waals surface area contributed by atoms with Crippen molar-refractivity contribution in [2.45, 2.75) is 19.8 Å². The van der Waals surface area contributed by atoms with Gasteiger partial charge in [0.25, 0.3) is 0 Å². The lowest BCUT2D eigenvalue weighted by atomic mass is 10.1. The van der Waals surface area contributed by atoms with Crippen LogP contribution < -0.4 is 26.7 Å². The van der Waals surface area contributed by atoms with E-state index in [2.05, 4.69) is 43.1 Å². The fourth-order valence-corrected chi connectivity index (χ4v) is 3.37. The molecule has 0 aliphatic heterocycles. The maximum atomic E-state index is 12.1. The highest BCUT2D eigenvalue weighted by Crippen LogP contribution is 2.21. The predicted octanol–water partition coefficient (Wildman–Crippen LogP) is 0.696. The van der Waals surface area contributed by atoms with Crippen LogP contribution >= 0.6 is 0 Å². The van der Waals surface area contributed by atoms with Gasteiger partial charge in [0, 0.05) is 57.6 Å². The topological polar surface area (TPSA) is 140 Å². The highest BCUT2D eigenvalue weighted by molar-refractivity contribution is 5.91. The lowest BCUT2D eigenvalue weighted by Gasteiger charge is -2.14. The van der Waals surface area contributed by atoms with Crippen LogP contribution in [0.4, 0.5) is 23.1 Å². The first-order valence-electron chi connectivity index (χ1n) is 12.8. The largest absolute Gasteiger partial charge is 0.387 e. The summed E-state index contributed by atoms with van der Waals surface area (Å²) in [6.45, 7) is 3.81. The number of unbranched alkanes of at least 4 members (excludes halogenated alkanes) is 1. The number of nitrogens with one attached hydrogen (secondary N) is 4. The molecule has 0 saturated carbocycles. The van der Waals surface area contributed by atoms with Crippen molar-refractivity contribution in [1.82, 2.24) is 25.1 Å². The Bertz CT molecular complexity index is 1220. The summed E-state index contributed by atoms with van der Waals surface area (Å²) in [7, 11) is 7.28. The summed E-state index contributed by atoms with van der Waals surface area (Å²) in [5.74, 6) is 6.90. The molecule has 0 radical (unpaired) electrons. The first-order valence-corrected chi connectivity index (χ1v) is 12.8. The van der Waals surface area contributed by atoms with Gasteiger partial charge < -0.3 is 31.1 Å². The third kappa shape index (κ3) is 10.8. The summed E-state index contributed by atoms with van der Waals surface area (Å²) in [5, 5.41) is 18.1. The van der Waals surface area contributed by atoms with Crippen LogP contribution in [-0.4, -0.2) is 92.2 Å². The van der Waals surface area contributed by atoms with Crippen LogP contribution in [0.15, 0.2) is 36.5 Å². The van der Waals surface area contributed by atoms with E-state index < -0.39 is 0 Å². The van der Waals surface area contributed by atoms with Gasteiger partial charge in [-0.2, -0.15) is 4.98 Å². The number of nitrogens with two attached hydrogens (primary N) is 1. The summed E-state index contributed by atoms with van der Waals surface area (Å²) in [4.78, 5) is 36.5. The second kappa shape index (κ2) is 16.4. The molecular weight excluding hydrogens is 494 g/mol. The van der Waals surface area contributed by atoms with Crippen molar-refractivity contribution >= 4 is 41.2 Å². The van der Waals surface area contributed by atoms with Crippen LogP contribution in [0.1, 0.15) is 30.9 Å². The van der Waals surface area contributed by atoms with Crippen molar-refractivity contribution in [3.63, 3.8) is 0 Å². The minimum absolute atomic E-state index is 0.00597. The van der Waals surface area contributed by atoms with E-state index in [1.54, 1.807) is 19.3 Å². The van der Waals surface area contributed by atoms with Gasteiger partial charge in [0.15, 0.2) is 6.21 Å². The number of amides is 2. The fourth-order valence-electron chi connectivity index (χ4n) is 3.37. The van der Waals surface area contributed by atoms with E-state index in [0.717, 1.165) is 16.9 Å². The molecule has 1 heterocycles. The van der Waals surface area contributed by atoms with E-state index in [-0.39, 0.29) is 18.4 Å². The molecular formula is C28H40N9O2+. The van der Waals surface area contributed by atoms with E-state index in [9.17, 15) is 9.59 Å². The van der Waals surface area contributed by atoms with Gasteiger partial charge in [-0.25, -0.2) is 4.98 Å². The van der Waals surface area contributed by atoms with Gasteiger partial charge in [-0.3, -0.25) is 15.0 Å². The maximum absolute atomic E-state index is 12.1. The number of rotatable bonds is 14. The van der Waals surface area contributed by atoms with Crippen LogP contribution in [0.3, 0.4) is 0 Å². The highest BCUT2D eigenvalue weighted by Gasteiger charge is 2.10. The first kappa shape index (κ1) is 30.8. The molecule has 208 valence electrons. The van der Waals surface area contributed by atoms with Crippen LogP contribution in [-0.2, 0) is 9.59 Å². The molecule has 6 N–H and O–H groups in total. The smallest absolute Gasteiger partial charge is 0.246 e. The number of hydrogen-bond acceptors (Lipinski definition) is 8. The Labute approximate surface area is 231 Å². The van der Waals surface area contributed by atoms with Crippen molar-refractivity contribution in [1.29, 1.82) is 0 Å². The third-order valence-electron chi connectivity index (χ3n) is 5.40. The van der Waals surface area contributed by atoms with Gasteiger partial charge >= 0.3 is 0 Å². The van der Waals surface area contributed by atoms with Crippen molar-refractivity contribution in [2.75, 3.05) is 70.3 Å². The quantitative estimate of drug-likeness (QED) is 0.103. The Hall–Kier alpha value is -4.43. The molecule has 39 heavy (non-hydrogen) atoms. The lowest BCUT2D eigenvalue weighted by molar-refractivity contribution is -0.131. The molecule has 11 nitrogen and oxygen atoms in total. The molecule has 0 fully saturated rings. The molecule has 1 aromatic carbocycles. The minimum atomic E-state index is -0.206. The molecule has 11 heteroatoms. The monoisotopic (exact) mass is 534 g/mol. The van der Waals surface area contributed by atoms with Gasteiger partial charge in [-0.05, 0) is 45.6 Å². The number of carbonyl (C=O) groups is 2. The second-order valence-electron chi connectivity index (χ2n) is 8.94. The molecule has 2 rings (SSSR count). The van der Waals surface area contributed by atoms with E-state index in [1.165, 1.54) is 17.2 Å². The molecule has 0 aliphatic carbocycles. The van der Waals surface area contributed by atoms with E-state index in [1.807, 2.05) is 51.2 Å². The molecule has 1 aromatic heterocycles. The van der Waals surface area contributed by atoms with Crippen LogP contribution in [0.5, 0.6) is 0 Å². The van der Waals surface area contributed by atoms with Crippen molar-refractivity contribution in [3.8, 4) is 11.8 Å². The van der Waals surface area contributed by atoms with Crippen LogP contribution in [0.25, 0.3) is 0 Å². The molecule has 0 saturated heterocycles. The zero-order chi connectivity index (χ0) is 28.6. The molecule has 0 unspecified atom stereocenters. The van der Waals surface area contributed by atoms with Crippen LogP contribution in [0.2, 0.25) is 0 Å². The van der Waals surface area contributed by atoms with E-state index >= 15 is 0 Å². The van der Waals surface area contributed by atoms with Gasteiger partial charge in [0.2, 0.25) is 17.8 Å². The molecule has 0 spiro atoms. The SMILES string of the molecule is CCNc1nc(Nc2ccc(NC)c(C=[NH2+])c2)ncc1C#CCCCNC(=O)CN(C)C(=O)/C=C/CN(C)C. The number of nitrogens with zero attached hydrogens (tertiary/aromatic N) is 4. The molecule has 0 atom stereocenters. The number of aromatic nitrogens is 2. The number of hydrogen-bond donors (Lipinski definition) is 5. The summed E-state index contributed by atoms with van der Waals surface area (Å²) < 4.78 is 0. The standard InChI is InChI=1S/C28H39N9O2/c1-6-31-27-21(19-33-28(35-27)34-23-13-14-24(30-2)22(17-23)18-29)11-8-7-9-15-32-25(38)20-37(5)26(39)12-10-16-36(3)4/h10,12-14,17-19,29-30H,6-7,9,15-16,20H2,1-5H3,(H,32,38)(H2,31,33,34,35)/p+1/b12-10+,29-18?. The normalized spacial score (nSPS) is 10.5. The Morgan fingerprint density at radius 2 is 2.00 bits per heavy atom. The van der Waals surface area contributed by atoms with Crippen LogP contribution in [0, 0.1) is 11.8 Å². The minimum Gasteiger partial charge on any atom is -0.387 e. The third-order valence-corrected chi connectivity index (χ3v) is 5.40. The maximum Gasteiger partial charge on any atom is 0.246 e. The average Bonchev–Trinajstić information content (AvgIpc) is 2.91. The summed E-state index contributed by atoms with van der Waals surface area (Å²) in [5.41, 5.74) is 3.29. The number of likely N-dealkylation sites (N-methyl/N-ethyl adjacent to an activating group) is 2. The molecule has 2 amide bonds. The van der Waals surface area contributed by atoms with Gasteiger partial charge in [0.05, 0.1) is 23.9 Å². The molecule has 0 bridgehead atoms. The average molecular weight is 535 g/mol. The van der Waals surface area contributed by atoms with E-state index in [0.29, 0.717) is 49.8 Å². The predicted molar refractivity (Wildman–Crippen MR) is 157 cm³/mol. The zero-order valence-electron chi connectivity index (χ0n) is 23.5. The fraction of sp³-hybridized carbons (Fsp3) is 0.393. The molecule has 2 aromatic rings. The highest BCUT2D eigenvalue weighted by atomic mass is 16.2. The second-order valence-corrected chi connectivity index (χ2v) is 8.94. The van der Waals surface area contributed by atoms with E-state index in [4.69, 9.17) is 5.41 Å². The van der Waals surface area contributed by atoms with Gasteiger partial charge in [-0.1, -0.05) is 17.9 Å². The summed E-state index contributed by atoms with van der Waals surface area (Å²) in [6.07, 6.45) is 7.74.